The van der Waals surface area contributed by atoms with E-state index in [1.54, 1.807) is 0 Å². The van der Waals surface area contributed by atoms with E-state index >= 15 is 0 Å². The maximum Gasteiger partial charge on any atom is 0.255 e. The molecule has 0 aliphatic carbocycles. The van der Waals surface area contributed by atoms with Crippen LogP contribution in [0.25, 0.3) is 16.9 Å². The van der Waals surface area contributed by atoms with Gasteiger partial charge >= 0.3 is 0 Å². The lowest BCUT2D eigenvalue weighted by Gasteiger charge is -2.22. The number of hydrogen-bond acceptors (Lipinski definition) is 4. The molecule has 2 heterocycles. The molecule has 1 aromatic carbocycles. The summed E-state index contributed by atoms with van der Waals surface area (Å²) in [6.07, 6.45) is 1.31. The first-order chi connectivity index (χ1) is 11.4. The molecule has 0 amide bonds. The van der Waals surface area contributed by atoms with Gasteiger partial charge in [-0.05, 0) is 25.0 Å². The molecule has 0 spiro atoms. The summed E-state index contributed by atoms with van der Waals surface area (Å²) in [4.78, 5) is 8.09. The summed E-state index contributed by atoms with van der Waals surface area (Å²) >= 11 is 6.24. The molecule has 0 unspecified atom stereocenters. The van der Waals surface area contributed by atoms with Crippen LogP contribution in [-0.4, -0.2) is 25.6 Å². The molecule has 0 aliphatic rings. The summed E-state index contributed by atoms with van der Waals surface area (Å²) in [6, 6.07) is 3.66. The van der Waals surface area contributed by atoms with E-state index in [4.69, 9.17) is 11.6 Å². The Hall–Kier alpha value is -2.28. The van der Waals surface area contributed by atoms with E-state index in [1.807, 2.05) is 20.8 Å². The molecular weight excluding hydrogens is 336 g/mol. The molecule has 5 nitrogen and oxygen atoms in total. The number of halogens is 3. The molecule has 2 aromatic heterocycles. The Balaban J connectivity index is 2.32. The molecule has 3 aromatic rings. The molecule has 3 rings (SSSR count). The summed E-state index contributed by atoms with van der Waals surface area (Å²) < 4.78 is 30.0. The van der Waals surface area contributed by atoms with Gasteiger partial charge in [0.1, 0.15) is 28.9 Å². The standard InChI is InChI=1S/C16H16ClF2N5/c1-8(2)9(3)22-15-13(12-10(18)5-4-6-11(12)19)14(17)23-16-20-7-21-24(15)16/h4-9,22H,1-3H3/t9-/m1/s1. The van der Waals surface area contributed by atoms with Gasteiger partial charge in [0.15, 0.2) is 0 Å². The predicted molar refractivity (Wildman–Crippen MR) is 89.1 cm³/mol. The second kappa shape index (κ2) is 6.32. The third-order valence-corrected chi connectivity index (χ3v) is 4.23. The Morgan fingerprint density at radius 2 is 1.79 bits per heavy atom. The van der Waals surface area contributed by atoms with E-state index in [-0.39, 0.29) is 34.0 Å². The molecule has 0 fully saturated rings. The van der Waals surface area contributed by atoms with Crippen LogP contribution >= 0.6 is 11.6 Å². The predicted octanol–water partition coefficient (Wildman–Crippen LogP) is 4.18. The highest BCUT2D eigenvalue weighted by molar-refractivity contribution is 6.33. The summed E-state index contributed by atoms with van der Waals surface area (Å²) in [5.74, 6) is -0.572. The topological polar surface area (TPSA) is 55.1 Å². The summed E-state index contributed by atoms with van der Waals surface area (Å²) in [5, 5.41) is 7.29. The van der Waals surface area contributed by atoms with Gasteiger partial charge in [-0.3, -0.25) is 0 Å². The maximum atomic E-state index is 14.3. The lowest BCUT2D eigenvalue weighted by Crippen LogP contribution is -2.24. The highest BCUT2D eigenvalue weighted by Crippen LogP contribution is 2.37. The fourth-order valence-electron chi connectivity index (χ4n) is 2.29. The molecule has 1 atom stereocenters. The zero-order chi connectivity index (χ0) is 17.4. The highest BCUT2D eigenvalue weighted by atomic mass is 35.5. The third-order valence-electron chi connectivity index (χ3n) is 3.96. The Labute approximate surface area is 142 Å². The van der Waals surface area contributed by atoms with E-state index in [0.29, 0.717) is 5.82 Å². The van der Waals surface area contributed by atoms with Crippen molar-refractivity contribution in [2.75, 3.05) is 5.32 Å². The zero-order valence-electron chi connectivity index (χ0n) is 13.4. The minimum absolute atomic E-state index is 0.00412. The lowest BCUT2D eigenvalue weighted by atomic mass is 10.0. The number of hydrogen-bond donors (Lipinski definition) is 1. The van der Waals surface area contributed by atoms with Gasteiger partial charge in [0, 0.05) is 6.04 Å². The first-order valence-electron chi connectivity index (χ1n) is 7.50. The fourth-order valence-corrected chi connectivity index (χ4v) is 2.55. The fraction of sp³-hybridized carbons (Fsp3) is 0.312. The van der Waals surface area contributed by atoms with E-state index in [0.717, 1.165) is 0 Å². The van der Waals surface area contributed by atoms with Gasteiger partial charge in [-0.2, -0.15) is 19.6 Å². The Bertz CT molecular complexity index is 873. The SMILES string of the molecule is CC(C)[C@@H](C)Nc1c(-c2c(F)cccc2F)c(Cl)nc2ncnn12. The number of rotatable bonds is 4. The largest absolute Gasteiger partial charge is 0.367 e. The molecule has 0 radical (unpaired) electrons. The molecule has 24 heavy (non-hydrogen) atoms. The summed E-state index contributed by atoms with van der Waals surface area (Å²) in [7, 11) is 0. The van der Waals surface area contributed by atoms with Crippen LogP contribution in [0.4, 0.5) is 14.6 Å². The van der Waals surface area contributed by atoms with E-state index in [2.05, 4.69) is 20.4 Å². The molecule has 0 bridgehead atoms. The Morgan fingerprint density at radius 3 is 2.42 bits per heavy atom. The first-order valence-corrected chi connectivity index (χ1v) is 7.88. The van der Waals surface area contributed by atoms with Crippen LogP contribution < -0.4 is 5.32 Å². The number of nitrogens with zero attached hydrogens (tertiary/aromatic N) is 4. The van der Waals surface area contributed by atoms with Crippen molar-refractivity contribution in [1.82, 2.24) is 19.6 Å². The molecule has 1 N–H and O–H groups in total. The van der Waals surface area contributed by atoms with Crippen molar-refractivity contribution < 1.29 is 8.78 Å². The monoisotopic (exact) mass is 351 g/mol. The Kier molecular flexibility index (Phi) is 4.36. The molecule has 0 aliphatic heterocycles. The van der Waals surface area contributed by atoms with Crippen molar-refractivity contribution in [3.63, 3.8) is 0 Å². The quantitative estimate of drug-likeness (QED) is 0.716. The molecule has 8 heteroatoms. The van der Waals surface area contributed by atoms with Crippen LogP contribution in [0.3, 0.4) is 0 Å². The van der Waals surface area contributed by atoms with E-state index in [1.165, 1.54) is 29.0 Å². The van der Waals surface area contributed by atoms with Gasteiger partial charge in [0.2, 0.25) is 0 Å². The van der Waals surface area contributed by atoms with E-state index in [9.17, 15) is 8.78 Å². The number of fused-ring (bicyclic) bond motifs is 1. The average Bonchev–Trinajstić information content (AvgIpc) is 2.97. The van der Waals surface area contributed by atoms with Gasteiger partial charge in [-0.25, -0.2) is 8.78 Å². The van der Waals surface area contributed by atoms with Crippen LogP contribution in [0.15, 0.2) is 24.5 Å². The third kappa shape index (κ3) is 2.80. The van der Waals surface area contributed by atoms with E-state index < -0.39 is 11.6 Å². The first kappa shape index (κ1) is 16.6. The van der Waals surface area contributed by atoms with Crippen molar-refractivity contribution in [3.05, 3.63) is 41.3 Å². The number of nitrogens with one attached hydrogen (secondary N) is 1. The van der Waals surface area contributed by atoms with Gasteiger partial charge in [-0.1, -0.05) is 31.5 Å². The Morgan fingerprint density at radius 1 is 1.12 bits per heavy atom. The number of aromatic nitrogens is 4. The minimum atomic E-state index is -0.724. The van der Waals surface area contributed by atoms with Crippen LogP contribution in [0, 0.1) is 17.6 Å². The number of benzene rings is 1. The molecule has 0 saturated carbocycles. The maximum absolute atomic E-state index is 14.3. The van der Waals surface area contributed by atoms with Crippen molar-refractivity contribution >= 4 is 23.2 Å². The van der Waals surface area contributed by atoms with Crippen molar-refractivity contribution in [3.8, 4) is 11.1 Å². The van der Waals surface area contributed by atoms with Gasteiger partial charge in [0.25, 0.3) is 5.78 Å². The van der Waals surface area contributed by atoms with Crippen molar-refractivity contribution in [2.24, 2.45) is 5.92 Å². The normalized spacial score (nSPS) is 12.8. The zero-order valence-corrected chi connectivity index (χ0v) is 14.1. The van der Waals surface area contributed by atoms with Crippen LogP contribution in [0.1, 0.15) is 20.8 Å². The highest BCUT2D eigenvalue weighted by Gasteiger charge is 2.24. The van der Waals surface area contributed by atoms with Crippen LogP contribution in [0.5, 0.6) is 0 Å². The van der Waals surface area contributed by atoms with Crippen molar-refractivity contribution in [2.45, 2.75) is 26.8 Å². The van der Waals surface area contributed by atoms with Crippen LogP contribution in [0.2, 0.25) is 5.15 Å². The molecular formula is C16H16ClF2N5. The number of anilines is 1. The van der Waals surface area contributed by atoms with Gasteiger partial charge in [0.05, 0.1) is 11.1 Å². The van der Waals surface area contributed by atoms with Gasteiger partial charge < -0.3 is 5.32 Å². The van der Waals surface area contributed by atoms with Gasteiger partial charge in [-0.15, -0.1) is 0 Å². The lowest BCUT2D eigenvalue weighted by molar-refractivity contribution is 0.556. The second-order valence-electron chi connectivity index (χ2n) is 5.87. The smallest absolute Gasteiger partial charge is 0.255 e. The average molecular weight is 352 g/mol. The molecule has 126 valence electrons. The minimum Gasteiger partial charge on any atom is -0.367 e. The van der Waals surface area contributed by atoms with Crippen LogP contribution in [-0.2, 0) is 0 Å². The molecule has 0 saturated heterocycles. The second-order valence-corrected chi connectivity index (χ2v) is 6.23. The van der Waals surface area contributed by atoms with Crippen molar-refractivity contribution in [1.29, 1.82) is 0 Å². The summed E-state index contributed by atoms with van der Waals surface area (Å²) in [5.41, 5.74) is -0.122. The summed E-state index contributed by atoms with van der Waals surface area (Å²) in [6.45, 7) is 6.02.